The van der Waals surface area contributed by atoms with Gasteiger partial charge in [0.1, 0.15) is 12.7 Å². The summed E-state index contributed by atoms with van der Waals surface area (Å²) in [6, 6.07) is 15.0. The molecule has 1 heterocycles. The summed E-state index contributed by atoms with van der Waals surface area (Å²) < 4.78 is 12.5. The molecule has 2 aromatic carbocycles. The predicted molar refractivity (Wildman–Crippen MR) is 87.8 cm³/mol. The van der Waals surface area contributed by atoms with Crippen molar-refractivity contribution in [2.45, 2.75) is 6.10 Å². The Bertz CT molecular complexity index is 659. The van der Waals surface area contributed by atoms with E-state index in [9.17, 15) is 4.79 Å². The van der Waals surface area contributed by atoms with Crippen molar-refractivity contribution in [2.24, 2.45) is 0 Å². The molecule has 1 aliphatic heterocycles. The summed E-state index contributed by atoms with van der Waals surface area (Å²) in [5.74, 6) is 1.37. The summed E-state index contributed by atoms with van der Waals surface area (Å²) in [4.78, 5) is 12.1. The van der Waals surface area contributed by atoms with Crippen LogP contribution in [0.1, 0.15) is 10.4 Å². The Morgan fingerprint density at radius 3 is 2.81 bits per heavy atom. The molecule has 0 aromatic heterocycles. The number of amides is 1. The quantitative estimate of drug-likeness (QED) is 0.814. The van der Waals surface area contributed by atoms with E-state index in [2.05, 4.69) is 27.9 Å². The largest absolute Gasteiger partial charge is 0.486 e. The maximum Gasteiger partial charge on any atom is 0.251 e. The van der Waals surface area contributed by atoms with Gasteiger partial charge in [0.05, 0.1) is 6.54 Å². The average molecular weight is 395 g/mol. The van der Waals surface area contributed by atoms with Gasteiger partial charge in [-0.15, -0.1) is 0 Å². The van der Waals surface area contributed by atoms with E-state index in [4.69, 9.17) is 9.47 Å². The molecule has 2 aromatic rings. The molecule has 3 rings (SSSR count). The first-order chi connectivity index (χ1) is 10.2. The van der Waals surface area contributed by atoms with Crippen molar-refractivity contribution in [3.05, 3.63) is 57.7 Å². The van der Waals surface area contributed by atoms with Crippen LogP contribution >= 0.6 is 22.6 Å². The van der Waals surface area contributed by atoms with Gasteiger partial charge in [0.25, 0.3) is 5.91 Å². The zero-order chi connectivity index (χ0) is 14.7. The van der Waals surface area contributed by atoms with Crippen LogP contribution < -0.4 is 14.8 Å². The lowest BCUT2D eigenvalue weighted by molar-refractivity contribution is 0.0789. The van der Waals surface area contributed by atoms with Crippen LogP contribution in [-0.4, -0.2) is 25.2 Å². The number of carbonyl (C=O) groups excluding carboxylic acids is 1. The standard InChI is InChI=1S/C16H14INO3/c17-12-5-3-4-11(8-12)16(19)18-9-13-10-20-14-6-1-2-7-15(14)21-13/h1-8,13H,9-10H2,(H,18,19). The van der Waals surface area contributed by atoms with Gasteiger partial charge < -0.3 is 14.8 Å². The Morgan fingerprint density at radius 2 is 2.00 bits per heavy atom. The molecule has 1 atom stereocenters. The lowest BCUT2D eigenvalue weighted by atomic mass is 10.2. The first-order valence-electron chi connectivity index (χ1n) is 6.64. The number of hydrogen-bond donors (Lipinski definition) is 1. The van der Waals surface area contributed by atoms with Crippen LogP contribution in [-0.2, 0) is 0 Å². The predicted octanol–water partition coefficient (Wildman–Crippen LogP) is 2.86. The summed E-state index contributed by atoms with van der Waals surface area (Å²) in [7, 11) is 0. The molecule has 1 N–H and O–H groups in total. The van der Waals surface area contributed by atoms with E-state index >= 15 is 0 Å². The highest BCUT2D eigenvalue weighted by atomic mass is 127. The van der Waals surface area contributed by atoms with Gasteiger partial charge in [-0.3, -0.25) is 4.79 Å². The molecule has 1 aliphatic rings. The molecule has 0 radical (unpaired) electrons. The van der Waals surface area contributed by atoms with Crippen molar-refractivity contribution in [3.8, 4) is 11.5 Å². The summed E-state index contributed by atoms with van der Waals surface area (Å²) in [5.41, 5.74) is 0.652. The number of hydrogen-bond acceptors (Lipinski definition) is 3. The summed E-state index contributed by atoms with van der Waals surface area (Å²) >= 11 is 2.19. The van der Waals surface area contributed by atoms with Gasteiger partial charge in [0.2, 0.25) is 0 Å². The van der Waals surface area contributed by atoms with Gasteiger partial charge >= 0.3 is 0 Å². The first kappa shape index (κ1) is 14.2. The van der Waals surface area contributed by atoms with Gasteiger partial charge in [0, 0.05) is 9.13 Å². The van der Waals surface area contributed by atoms with Gasteiger partial charge in [-0.1, -0.05) is 18.2 Å². The van der Waals surface area contributed by atoms with E-state index in [0.717, 1.165) is 15.1 Å². The van der Waals surface area contributed by atoms with E-state index in [1.807, 2.05) is 42.5 Å². The van der Waals surface area contributed by atoms with Crippen molar-refractivity contribution in [3.63, 3.8) is 0 Å². The minimum absolute atomic E-state index is 0.101. The number of carbonyl (C=O) groups is 1. The number of ether oxygens (including phenoxy) is 2. The van der Waals surface area contributed by atoms with Crippen LogP contribution in [0.15, 0.2) is 48.5 Å². The molecule has 0 fully saturated rings. The Kier molecular flexibility index (Phi) is 4.28. The Balaban J connectivity index is 1.58. The second-order valence-corrected chi connectivity index (χ2v) is 5.96. The van der Waals surface area contributed by atoms with Crippen LogP contribution in [0.4, 0.5) is 0 Å². The number of halogens is 1. The van der Waals surface area contributed by atoms with E-state index in [1.165, 1.54) is 0 Å². The van der Waals surface area contributed by atoms with Gasteiger partial charge in [0.15, 0.2) is 11.5 Å². The second-order valence-electron chi connectivity index (χ2n) is 4.72. The zero-order valence-corrected chi connectivity index (χ0v) is 13.4. The lowest BCUT2D eigenvalue weighted by Gasteiger charge is -2.26. The zero-order valence-electron chi connectivity index (χ0n) is 11.2. The lowest BCUT2D eigenvalue weighted by Crippen LogP contribution is -2.40. The molecule has 4 nitrogen and oxygen atoms in total. The topological polar surface area (TPSA) is 47.6 Å². The molecule has 5 heteroatoms. The highest BCUT2D eigenvalue weighted by Gasteiger charge is 2.21. The summed E-state index contributed by atoms with van der Waals surface area (Å²) in [6.07, 6.45) is -0.174. The fourth-order valence-corrected chi connectivity index (χ4v) is 2.65. The van der Waals surface area contributed by atoms with Gasteiger partial charge in [-0.05, 0) is 52.9 Å². The van der Waals surface area contributed by atoms with E-state index in [0.29, 0.717) is 18.7 Å². The molecular weight excluding hydrogens is 381 g/mol. The molecule has 0 spiro atoms. The third kappa shape index (κ3) is 3.47. The van der Waals surface area contributed by atoms with Crippen molar-refractivity contribution < 1.29 is 14.3 Å². The number of nitrogens with one attached hydrogen (secondary N) is 1. The molecule has 0 saturated heterocycles. The number of rotatable bonds is 3. The van der Waals surface area contributed by atoms with Crippen LogP contribution in [0.3, 0.4) is 0 Å². The smallest absolute Gasteiger partial charge is 0.251 e. The minimum Gasteiger partial charge on any atom is -0.486 e. The van der Waals surface area contributed by atoms with Crippen molar-refractivity contribution in [2.75, 3.05) is 13.2 Å². The third-order valence-corrected chi connectivity index (χ3v) is 3.82. The normalized spacial score (nSPS) is 16.3. The molecule has 1 unspecified atom stereocenters. The second kappa shape index (κ2) is 6.34. The number of fused-ring (bicyclic) bond motifs is 1. The highest BCUT2D eigenvalue weighted by molar-refractivity contribution is 14.1. The number of benzene rings is 2. The first-order valence-corrected chi connectivity index (χ1v) is 7.72. The summed E-state index contributed by atoms with van der Waals surface area (Å²) in [6.45, 7) is 0.849. The van der Waals surface area contributed by atoms with Crippen molar-refractivity contribution in [1.29, 1.82) is 0 Å². The van der Waals surface area contributed by atoms with E-state index < -0.39 is 0 Å². The third-order valence-electron chi connectivity index (χ3n) is 3.14. The Labute approximate surface area is 136 Å². The van der Waals surface area contributed by atoms with Crippen LogP contribution in [0.25, 0.3) is 0 Å². The van der Waals surface area contributed by atoms with Crippen molar-refractivity contribution in [1.82, 2.24) is 5.32 Å². The fraction of sp³-hybridized carbons (Fsp3) is 0.188. The molecule has 108 valence electrons. The maximum absolute atomic E-state index is 12.1. The van der Waals surface area contributed by atoms with E-state index in [-0.39, 0.29) is 12.0 Å². The van der Waals surface area contributed by atoms with Crippen molar-refractivity contribution >= 4 is 28.5 Å². The SMILES string of the molecule is O=C(NCC1COc2ccccc2O1)c1cccc(I)c1. The minimum atomic E-state index is -0.174. The molecule has 0 bridgehead atoms. The van der Waals surface area contributed by atoms with Gasteiger partial charge in [-0.25, -0.2) is 0 Å². The Hall–Kier alpha value is -1.76. The van der Waals surface area contributed by atoms with Crippen LogP contribution in [0, 0.1) is 3.57 Å². The molecule has 0 aliphatic carbocycles. The highest BCUT2D eigenvalue weighted by Crippen LogP contribution is 2.30. The van der Waals surface area contributed by atoms with Crippen LogP contribution in [0.2, 0.25) is 0 Å². The van der Waals surface area contributed by atoms with E-state index in [1.54, 1.807) is 6.07 Å². The Morgan fingerprint density at radius 1 is 1.19 bits per heavy atom. The molecular formula is C16H14INO3. The number of para-hydroxylation sites is 2. The fourth-order valence-electron chi connectivity index (χ4n) is 2.10. The maximum atomic E-state index is 12.1. The van der Waals surface area contributed by atoms with Gasteiger partial charge in [-0.2, -0.15) is 0 Å². The summed E-state index contributed by atoms with van der Waals surface area (Å²) in [5, 5.41) is 2.88. The van der Waals surface area contributed by atoms with Crippen LogP contribution in [0.5, 0.6) is 11.5 Å². The molecule has 0 saturated carbocycles. The molecule has 1 amide bonds. The average Bonchev–Trinajstić information content (AvgIpc) is 2.52. The monoisotopic (exact) mass is 395 g/mol. The molecule has 21 heavy (non-hydrogen) atoms.